The van der Waals surface area contributed by atoms with Crippen LogP contribution in [0, 0.1) is 5.41 Å². The Hall–Kier alpha value is -5.02. The van der Waals surface area contributed by atoms with Gasteiger partial charge in [-0.1, -0.05) is 31.9 Å². The summed E-state index contributed by atoms with van der Waals surface area (Å²) in [5.74, 6) is -2.16. The zero-order valence-electron chi connectivity index (χ0n) is 30.0. The quantitative estimate of drug-likeness (QED) is 0.0694. The second-order valence-electron chi connectivity index (χ2n) is 11.5. The van der Waals surface area contributed by atoms with Gasteiger partial charge in [0.2, 0.25) is 0 Å². The molecular weight excluding hydrogens is 668 g/mol. The van der Waals surface area contributed by atoms with E-state index in [4.69, 9.17) is 47.4 Å². The van der Waals surface area contributed by atoms with Gasteiger partial charge >= 0.3 is 23.9 Å². The average Bonchev–Trinajstić information content (AvgIpc) is 3.09. The van der Waals surface area contributed by atoms with Crippen LogP contribution in [0.5, 0.6) is 23.0 Å². The van der Waals surface area contributed by atoms with Crippen LogP contribution in [0.25, 0.3) is 11.1 Å². The van der Waals surface area contributed by atoms with Crippen molar-refractivity contribution in [3.05, 3.63) is 72.9 Å². The van der Waals surface area contributed by atoms with E-state index in [0.29, 0.717) is 11.1 Å². The predicted molar refractivity (Wildman–Crippen MR) is 185 cm³/mol. The molecule has 0 amide bonds. The first-order chi connectivity index (χ1) is 24.3. The number of ether oxygens (including phenoxy) is 10. The Balaban J connectivity index is 2.40. The predicted octanol–water partition coefficient (Wildman–Crippen LogP) is 4.29. The van der Waals surface area contributed by atoms with Crippen molar-refractivity contribution in [2.24, 2.45) is 5.41 Å². The van der Waals surface area contributed by atoms with E-state index < -0.39 is 29.3 Å². The third-order valence-electron chi connectivity index (χ3n) is 6.65. The molecule has 51 heavy (non-hydrogen) atoms. The van der Waals surface area contributed by atoms with E-state index in [9.17, 15) is 19.2 Å². The summed E-state index contributed by atoms with van der Waals surface area (Å²) < 4.78 is 53.3. The van der Waals surface area contributed by atoms with Crippen LogP contribution in [0.15, 0.2) is 72.9 Å². The van der Waals surface area contributed by atoms with Gasteiger partial charge in [-0.05, 0) is 49.2 Å². The first-order valence-corrected chi connectivity index (χ1v) is 15.6. The van der Waals surface area contributed by atoms with Gasteiger partial charge in [0, 0.05) is 28.4 Å². The molecule has 0 aliphatic rings. The third-order valence-corrected chi connectivity index (χ3v) is 6.65. The van der Waals surface area contributed by atoms with Crippen LogP contribution < -0.4 is 18.9 Å². The minimum atomic E-state index is -1.00. The van der Waals surface area contributed by atoms with Crippen molar-refractivity contribution in [3.63, 3.8) is 0 Å². The number of esters is 4. The van der Waals surface area contributed by atoms with Gasteiger partial charge in [-0.3, -0.25) is 4.79 Å². The molecule has 0 aromatic heterocycles. The second kappa shape index (κ2) is 21.3. The van der Waals surface area contributed by atoms with E-state index in [0.717, 1.165) is 0 Å². The minimum absolute atomic E-state index is 0.0206. The summed E-state index contributed by atoms with van der Waals surface area (Å²) in [7, 11) is 5.75. The summed E-state index contributed by atoms with van der Waals surface area (Å²) in [4.78, 5) is 50.0. The van der Waals surface area contributed by atoms with Gasteiger partial charge in [-0.25, -0.2) is 14.4 Å². The van der Waals surface area contributed by atoms with Crippen molar-refractivity contribution in [3.8, 4) is 34.1 Å². The summed E-state index contributed by atoms with van der Waals surface area (Å²) >= 11 is 0. The lowest BCUT2D eigenvalue weighted by Gasteiger charge is -2.22. The Morgan fingerprint density at radius 1 is 0.549 bits per heavy atom. The van der Waals surface area contributed by atoms with Crippen molar-refractivity contribution in [2.75, 3.05) is 81.3 Å². The van der Waals surface area contributed by atoms with Crippen molar-refractivity contribution in [2.45, 2.75) is 13.8 Å². The number of carbonyl (C=O) groups is 4. The Morgan fingerprint density at radius 3 is 1.37 bits per heavy atom. The highest BCUT2D eigenvalue weighted by molar-refractivity contribution is 5.90. The molecule has 2 rings (SSSR count). The molecule has 2 aromatic rings. The molecule has 0 N–H and O–H groups in total. The maximum Gasteiger partial charge on any atom is 0.341 e. The fraction of sp³-hybridized carbons (Fsp3) is 0.405. The molecule has 14 heteroatoms. The molecule has 278 valence electrons. The Labute approximate surface area is 297 Å². The van der Waals surface area contributed by atoms with Crippen LogP contribution in [0.3, 0.4) is 0 Å². The first kappa shape index (κ1) is 42.1. The van der Waals surface area contributed by atoms with Crippen molar-refractivity contribution in [1.82, 2.24) is 0 Å². The molecule has 14 nitrogen and oxygen atoms in total. The highest BCUT2D eigenvalue weighted by Gasteiger charge is 2.31. The monoisotopic (exact) mass is 714 g/mol. The first-order valence-electron chi connectivity index (χ1n) is 15.6. The molecule has 0 heterocycles. The highest BCUT2D eigenvalue weighted by atomic mass is 16.6. The normalized spacial score (nSPS) is 10.9. The van der Waals surface area contributed by atoms with E-state index in [-0.39, 0.29) is 92.6 Å². The zero-order valence-corrected chi connectivity index (χ0v) is 30.0. The van der Waals surface area contributed by atoms with Crippen LogP contribution in [-0.4, -0.2) is 105 Å². The van der Waals surface area contributed by atoms with Crippen molar-refractivity contribution >= 4 is 23.9 Å². The summed E-state index contributed by atoms with van der Waals surface area (Å²) in [5, 5.41) is 0. The van der Waals surface area contributed by atoms with E-state index in [1.54, 1.807) is 50.2 Å². The highest BCUT2D eigenvalue weighted by Crippen LogP contribution is 2.38. The zero-order chi connectivity index (χ0) is 38.0. The van der Waals surface area contributed by atoms with Crippen LogP contribution in [-0.2, 0) is 47.6 Å². The molecule has 0 spiro atoms. The topological polar surface area (TPSA) is 161 Å². The number of rotatable bonds is 23. The second-order valence-corrected chi connectivity index (χ2v) is 11.5. The molecule has 0 fully saturated rings. The summed E-state index contributed by atoms with van der Waals surface area (Å²) in [6.07, 6.45) is 0. The van der Waals surface area contributed by atoms with Gasteiger partial charge in [0.05, 0.1) is 48.6 Å². The Morgan fingerprint density at radius 2 is 0.961 bits per heavy atom. The van der Waals surface area contributed by atoms with Crippen molar-refractivity contribution in [1.29, 1.82) is 0 Å². The van der Waals surface area contributed by atoms with Crippen LogP contribution >= 0.6 is 0 Å². The SMILES string of the molecule is C=C(COC)C(=O)OCCOc1ccc(-c2ccc(OCCOC(=O)C(=C)COC)c(OC(=O)C(C)(C)COC)c2)cc1OC(=O)C(=C)COC. The molecule has 2 aromatic carbocycles. The maximum absolute atomic E-state index is 13.2. The number of carbonyl (C=O) groups excluding carboxylic acids is 4. The molecular formula is C37H46O14. The Kier molecular flexibility index (Phi) is 17.6. The molecule has 0 aliphatic carbocycles. The average molecular weight is 715 g/mol. The standard InChI is InChI=1S/C37H46O14/c1-24(20-42-6)33(38)48-16-14-46-29-12-10-27(18-31(29)50-35(40)26(3)22-44-8)28-11-13-30(47-15-17-49-34(39)25(2)21-43-7)32(19-28)51-36(41)37(4,5)23-45-9/h10-13,18-19H,1-3,14-17,20-23H2,4-9H3. The van der Waals surface area contributed by atoms with Gasteiger partial charge in [0.1, 0.15) is 26.4 Å². The molecule has 0 unspecified atom stereocenters. The molecule has 0 bridgehead atoms. The lowest BCUT2D eigenvalue weighted by molar-refractivity contribution is -0.147. The van der Waals surface area contributed by atoms with Gasteiger partial charge < -0.3 is 47.4 Å². The van der Waals surface area contributed by atoms with Gasteiger partial charge in [-0.2, -0.15) is 0 Å². The van der Waals surface area contributed by atoms with Gasteiger partial charge in [0.25, 0.3) is 0 Å². The smallest absolute Gasteiger partial charge is 0.341 e. The molecule has 0 atom stereocenters. The lowest BCUT2D eigenvalue weighted by Crippen LogP contribution is -2.33. The number of benzene rings is 2. The fourth-order valence-corrected chi connectivity index (χ4v) is 4.08. The van der Waals surface area contributed by atoms with Crippen LogP contribution in [0.2, 0.25) is 0 Å². The summed E-state index contributed by atoms with van der Waals surface area (Å²) in [5.41, 5.74) is 0.425. The molecule has 0 saturated heterocycles. The van der Waals surface area contributed by atoms with E-state index in [1.807, 2.05) is 0 Å². The fourth-order valence-electron chi connectivity index (χ4n) is 4.08. The number of hydrogen-bond acceptors (Lipinski definition) is 14. The van der Waals surface area contributed by atoms with Crippen LogP contribution in [0.4, 0.5) is 0 Å². The van der Waals surface area contributed by atoms with Gasteiger partial charge in [-0.15, -0.1) is 0 Å². The van der Waals surface area contributed by atoms with Crippen molar-refractivity contribution < 1.29 is 66.5 Å². The van der Waals surface area contributed by atoms with E-state index in [2.05, 4.69) is 19.7 Å². The largest absolute Gasteiger partial charge is 0.486 e. The van der Waals surface area contributed by atoms with Gasteiger partial charge in [0.15, 0.2) is 23.0 Å². The van der Waals surface area contributed by atoms with Crippen LogP contribution in [0.1, 0.15) is 13.8 Å². The third kappa shape index (κ3) is 13.7. The molecule has 0 aliphatic heterocycles. The maximum atomic E-state index is 13.2. The number of methoxy groups -OCH3 is 4. The molecule has 0 radical (unpaired) electrons. The summed E-state index contributed by atoms with van der Waals surface area (Å²) in [6.45, 7) is 13.9. The Bertz CT molecular complexity index is 1560. The minimum Gasteiger partial charge on any atom is -0.486 e. The summed E-state index contributed by atoms with van der Waals surface area (Å²) in [6, 6.07) is 9.63. The lowest BCUT2D eigenvalue weighted by atomic mass is 9.95. The van der Waals surface area contributed by atoms with E-state index in [1.165, 1.54) is 28.4 Å². The number of hydrogen-bond donors (Lipinski definition) is 0. The van der Waals surface area contributed by atoms with E-state index >= 15 is 0 Å². The molecule has 0 saturated carbocycles.